The maximum atomic E-state index is 10.7. The zero-order valence-electron chi connectivity index (χ0n) is 14.4. The highest BCUT2D eigenvalue weighted by Gasteiger charge is 2.20. The van der Waals surface area contributed by atoms with Gasteiger partial charge in [0.05, 0.1) is 0 Å². The molecule has 3 nitrogen and oxygen atoms in total. The van der Waals surface area contributed by atoms with Crippen LogP contribution in [0.25, 0.3) is 0 Å². The first kappa shape index (κ1) is 15.9. The molecule has 0 radical (unpaired) electrons. The molecule has 2 heterocycles. The van der Waals surface area contributed by atoms with Gasteiger partial charge in [-0.15, -0.1) is 0 Å². The van der Waals surface area contributed by atoms with Gasteiger partial charge < -0.3 is 10.0 Å². The van der Waals surface area contributed by atoms with Crippen molar-refractivity contribution in [1.82, 2.24) is 4.98 Å². The van der Waals surface area contributed by atoms with E-state index in [1.54, 1.807) is 0 Å². The van der Waals surface area contributed by atoms with Gasteiger partial charge in [0.25, 0.3) is 0 Å². The first-order valence-corrected chi connectivity index (χ1v) is 8.79. The Morgan fingerprint density at radius 1 is 1.04 bits per heavy atom. The Morgan fingerprint density at radius 2 is 1.80 bits per heavy atom. The molecule has 126 valence electrons. The lowest BCUT2D eigenvalue weighted by molar-refractivity contribution is 0.219. The lowest BCUT2D eigenvalue weighted by Gasteiger charge is -2.31. The molecule has 0 saturated heterocycles. The van der Waals surface area contributed by atoms with E-state index in [9.17, 15) is 5.11 Å². The SMILES string of the molecule is Cc1cc(N2CCCc3ccccc32)ncc1[C@@H](O)c1ccccc1. The van der Waals surface area contributed by atoms with Crippen molar-refractivity contribution in [2.24, 2.45) is 0 Å². The molecular weight excluding hydrogens is 308 g/mol. The molecule has 3 heteroatoms. The number of nitrogens with zero attached hydrogens (tertiary/aromatic N) is 2. The van der Waals surface area contributed by atoms with Crippen LogP contribution in [0.4, 0.5) is 11.5 Å². The summed E-state index contributed by atoms with van der Waals surface area (Å²) in [6, 6.07) is 20.4. The molecular formula is C22H22N2O. The monoisotopic (exact) mass is 330 g/mol. The van der Waals surface area contributed by atoms with Gasteiger partial charge >= 0.3 is 0 Å². The maximum absolute atomic E-state index is 10.7. The average Bonchev–Trinajstić information content (AvgIpc) is 2.67. The third kappa shape index (κ3) is 3.03. The number of pyridine rings is 1. The number of aliphatic hydroxyl groups excluding tert-OH is 1. The topological polar surface area (TPSA) is 36.4 Å². The van der Waals surface area contributed by atoms with Gasteiger partial charge in [0.2, 0.25) is 0 Å². The zero-order chi connectivity index (χ0) is 17.2. The molecule has 1 aliphatic rings. The van der Waals surface area contributed by atoms with Crippen LogP contribution in [0.5, 0.6) is 0 Å². The zero-order valence-corrected chi connectivity index (χ0v) is 14.4. The summed E-state index contributed by atoms with van der Waals surface area (Å²) in [6.07, 6.45) is 3.43. The minimum atomic E-state index is -0.642. The number of hydrogen-bond acceptors (Lipinski definition) is 3. The van der Waals surface area contributed by atoms with E-state index in [-0.39, 0.29) is 0 Å². The summed E-state index contributed by atoms with van der Waals surface area (Å²) in [7, 11) is 0. The smallest absolute Gasteiger partial charge is 0.133 e. The van der Waals surface area contributed by atoms with E-state index in [4.69, 9.17) is 0 Å². The Balaban J connectivity index is 1.67. The third-order valence-electron chi connectivity index (χ3n) is 4.93. The number of anilines is 2. The molecule has 2 aromatic carbocycles. The highest BCUT2D eigenvalue weighted by Crippen LogP contribution is 2.34. The van der Waals surface area contributed by atoms with Crippen LogP contribution in [0.2, 0.25) is 0 Å². The number of rotatable bonds is 3. The van der Waals surface area contributed by atoms with Crippen molar-refractivity contribution in [2.75, 3.05) is 11.4 Å². The number of aliphatic hydroxyl groups is 1. The average molecular weight is 330 g/mol. The molecule has 0 fully saturated rings. The highest BCUT2D eigenvalue weighted by molar-refractivity contribution is 5.66. The van der Waals surface area contributed by atoms with Crippen molar-refractivity contribution in [3.63, 3.8) is 0 Å². The van der Waals surface area contributed by atoms with Crippen molar-refractivity contribution >= 4 is 11.5 Å². The van der Waals surface area contributed by atoms with Crippen molar-refractivity contribution in [1.29, 1.82) is 0 Å². The highest BCUT2D eigenvalue weighted by atomic mass is 16.3. The number of aromatic nitrogens is 1. The predicted octanol–water partition coefficient (Wildman–Crippen LogP) is 4.56. The maximum Gasteiger partial charge on any atom is 0.133 e. The van der Waals surface area contributed by atoms with E-state index >= 15 is 0 Å². The molecule has 0 spiro atoms. The fourth-order valence-corrected chi connectivity index (χ4v) is 3.57. The predicted molar refractivity (Wildman–Crippen MR) is 101 cm³/mol. The van der Waals surface area contributed by atoms with E-state index in [1.807, 2.05) is 43.5 Å². The minimum Gasteiger partial charge on any atom is -0.384 e. The van der Waals surface area contributed by atoms with Gasteiger partial charge in [0.1, 0.15) is 11.9 Å². The fraction of sp³-hybridized carbons (Fsp3) is 0.227. The number of para-hydroxylation sites is 1. The lowest BCUT2D eigenvalue weighted by atomic mass is 9.98. The van der Waals surface area contributed by atoms with Gasteiger partial charge in [0, 0.05) is 24.0 Å². The van der Waals surface area contributed by atoms with Crippen molar-refractivity contribution in [2.45, 2.75) is 25.9 Å². The number of fused-ring (bicyclic) bond motifs is 1. The molecule has 1 atom stereocenters. The van der Waals surface area contributed by atoms with Gasteiger partial charge in [-0.3, -0.25) is 0 Å². The third-order valence-corrected chi connectivity index (χ3v) is 4.93. The van der Waals surface area contributed by atoms with Gasteiger partial charge in [-0.2, -0.15) is 0 Å². The minimum absolute atomic E-state index is 0.642. The molecule has 0 saturated carbocycles. The Morgan fingerprint density at radius 3 is 2.60 bits per heavy atom. The Labute approximate surface area is 148 Å². The second kappa shape index (κ2) is 6.69. The van der Waals surface area contributed by atoms with Crippen LogP contribution >= 0.6 is 0 Å². The second-order valence-corrected chi connectivity index (χ2v) is 6.60. The molecule has 0 bridgehead atoms. The van der Waals surface area contributed by atoms with Crippen molar-refractivity contribution < 1.29 is 5.11 Å². The molecule has 1 aromatic heterocycles. The largest absolute Gasteiger partial charge is 0.384 e. The van der Waals surface area contributed by atoms with E-state index in [1.165, 1.54) is 11.3 Å². The van der Waals surface area contributed by atoms with Gasteiger partial charge in [-0.1, -0.05) is 48.5 Å². The normalized spacial score (nSPS) is 14.9. The van der Waals surface area contributed by atoms with E-state index < -0.39 is 6.10 Å². The summed E-state index contributed by atoms with van der Waals surface area (Å²) in [5.41, 5.74) is 5.44. The van der Waals surface area contributed by atoms with Crippen molar-refractivity contribution in [3.8, 4) is 0 Å². The van der Waals surface area contributed by atoms with Crippen LogP contribution in [0.1, 0.15) is 34.8 Å². The summed E-state index contributed by atoms with van der Waals surface area (Å²) in [5, 5.41) is 10.7. The van der Waals surface area contributed by atoms with Gasteiger partial charge in [0.15, 0.2) is 0 Å². The van der Waals surface area contributed by atoms with E-state index in [0.29, 0.717) is 0 Å². The second-order valence-electron chi connectivity index (χ2n) is 6.60. The Hall–Kier alpha value is -2.65. The number of benzene rings is 2. The summed E-state index contributed by atoms with van der Waals surface area (Å²) < 4.78 is 0. The lowest BCUT2D eigenvalue weighted by Crippen LogP contribution is -2.25. The summed E-state index contributed by atoms with van der Waals surface area (Å²) >= 11 is 0. The first-order chi connectivity index (χ1) is 12.2. The molecule has 0 aliphatic carbocycles. The number of aryl methyl sites for hydroxylation is 2. The van der Waals surface area contributed by atoms with E-state index in [2.05, 4.69) is 40.2 Å². The van der Waals surface area contributed by atoms with Crippen LogP contribution in [-0.4, -0.2) is 16.6 Å². The fourth-order valence-electron chi connectivity index (χ4n) is 3.57. The first-order valence-electron chi connectivity index (χ1n) is 8.79. The molecule has 1 N–H and O–H groups in total. The standard InChI is InChI=1S/C22H22N2O/c1-16-14-21(24-13-7-11-17-8-5-6-12-20(17)24)23-15-19(16)22(25)18-9-3-2-4-10-18/h2-6,8-10,12,14-15,22,25H,7,11,13H2,1H3/t22-/m0/s1. The molecule has 3 aromatic rings. The summed E-state index contributed by atoms with van der Waals surface area (Å²) in [4.78, 5) is 6.96. The number of hydrogen-bond donors (Lipinski definition) is 1. The quantitative estimate of drug-likeness (QED) is 0.765. The molecule has 0 amide bonds. The Bertz CT molecular complexity index is 876. The molecule has 25 heavy (non-hydrogen) atoms. The van der Waals surface area contributed by atoms with Crippen molar-refractivity contribution in [3.05, 3.63) is 89.1 Å². The van der Waals surface area contributed by atoms with Gasteiger partial charge in [-0.05, 0) is 48.6 Å². The van der Waals surface area contributed by atoms with Gasteiger partial charge in [-0.25, -0.2) is 4.98 Å². The molecule has 4 rings (SSSR count). The van der Waals surface area contributed by atoms with Crippen LogP contribution < -0.4 is 4.90 Å². The molecule has 0 unspecified atom stereocenters. The van der Waals surface area contributed by atoms with E-state index in [0.717, 1.165) is 41.9 Å². The van der Waals surface area contributed by atoms with Crippen LogP contribution in [0, 0.1) is 6.92 Å². The summed E-state index contributed by atoms with van der Waals surface area (Å²) in [6.45, 7) is 3.02. The van der Waals surface area contributed by atoms with Crippen LogP contribution in [0.15, 0.2) is 66.9 Å². The summed E-state index contributed by atoms with van der Waals surface area (Å²) in [5.74, 6) is 0.952. The molecule has 1 aliphatic heterocycles. The Kier molecular flexibility index (Phi) is 4.24. The van der Waals surface area contributed by atoms with Crippen LogP contribution in [-0.2, 0) is 6.42 Å². The van der Waals surface area contributed by atoms with Crippen LogP contribution in [0.3, 0.4) is 0 Å².